The van der Waals surface area contributed by atoms with Gasteiger partial charge in [-0.15, -0.1) is 0 Å². The summed E-state index contributed by atoms with van der Waals surface area (Å²) in [5.74, 6) is -0.730. The van der Waals surface area contributed by atoms with Crippen molar-refractivity contribution in [3.63, 3.8) is 0 Å². The Morgan fingerprint density at radius 2 is 1.69 bits per heavy atom. The van der Waals surface area contributed by atoms with Crippen molar-refractivity contribution in [2.75, 3.05) is 37.6 Å². The lowest BCUT2D eigenvalue weighted by atomic mass is 10.2. The largest absolute Gasteiger partial charge is 0.323 e. The number of benzene rings is 2. The third kappa shape index (κ3) is 4.49. The maximum atomic E-state index is 14.0. The fourth-order valence-electron chi connectivity index (χ4n) is 3.72. The number of quaternary nitrogens is 1. The number of likely N-dealkylation sites (N-methyl/N-ethyl adjacent to an activating group) is 1. The van der Waals surface area contributed by atoms with E-state index in [-0.39, 0.29) is 29.9 Å². The number of sulfonamides is 1. The summed E-state index contributed by atoms with van der Waals surface area (Å²) in [6.45, 7) is 5.87. The van der Waals surface area contributed by atoms with Crippen LogP contribution in [0.1, 0.15) is 13.8 Å². The highest BCUT2D eigenvalue weighted by Gasteiger charge is 2.36. The van der Waals surface area contributed by atoms with Crippen LogP contribution < -0.4 is 9.80 Å². The third-order valence-electron chi connectivity index (χ3n) is 5.45. The van der Waals surface area contributed by atoms with E-state index in [9.17, 15) is 17.6 Å². The Labute approximate surface area is 171 Å². The number of hydrogen-bond acceptors (Lipinski definition) is 3. The number of halogens is 1. The Morgan fingerprint density at radius 1 is 1.10 bits per heavy atom. The summed E-state index contributed by atoms with van der Waals surface area (Å²) in [5, 5.41) is 0. The van der Waals surface area contributed by atoms with E-state index in [1.54, 1.807) is 4.90 Å². The van der Waals surface area contributed by atoms with Crippen LogP contribution in [-0.4, -0.2) is 57.4 Å². The molecular formula is C21H27FN3O3S+. The van der Waals surface area contributed by atoms with Crippen molar-refractivity contribution >= 4 is 21.6 Å². The molecule has 0 aliphatic carbocycles. The molecule has 156 valence electrons. The van der Waals surface area contributed by atoms with Gasteiger partial charge in [-0.25, -0.2) is 12.8 Å². The molecule has 1 saturated heterocycles. The summed E-state index contributed by atoms with van der Waals surface area (Å²) in [4.78, 5) is 15.5. The van der Waals surface area contributed by atoms with Gasteiger partial charge in [0.05, 0.1) is 26.2 Å². The van der Waals surface area contributed by atoms with Crippen LogP contribution in [0.4, 0.5) is 10.1 Å². The molecule has 1 fully saturated rings. The van der Waals surface area contributed by atoms with Gasteiger partial charge in [-0.2, -0.15) is 4.31 Å². The zero-order chi connectivity index (χ0) is 21.0. The summed E-state index contributed by atoms with van der Waals surface area (Å²) in [7, 11) is -3.88. The Kier molecular flexibility index (Phi) is 6.66. The van der Waals surface area contributed by atoms with Crippen molar-refractivity contribution in [1.82, 2.24) is 4.31 Å². The molecule has 2 aromatic carbocycles. The fraction of sp³-hybridized carbons (Fsp3) is 0.381. The number of piperazine rings is 1. The van der Waals surface area contributed by atoms with Crippen LogP contribution in [0.3, 0.4) is 0 Å². The van der Waals surface area contributed by atoms with E-state index in [1.807, 2.05) is 44.2 Å². The summed E-state index contributed by atoms with van der Waals surface area (Å²) >= 11 is 0. The van der Waals surface area contributed by atoms with Gasteiger partial charge in [-0.1, -0.05) is 30.3 Å². The molecule has 6 nitrogen and oxygen atoms in total. The fourth-order valence-corrected chi connectivity index (χ4v) is 5.23. The minimum atomic E-state index is -3.88. The SMILES string of the molecule is CCN(C(=O)[C@H](C)[NH+]1CCN(S(=O)(=O)c2ccccc2F)CC1)c1ccccc1. The first-order chi connectivity index (χ1) is 13.9. The van der Waals surface area contributed by atoms with Gasteiger partial charge < -0.3 is 9.80 Å². The molecule has 1 amide bonds. The Morgan fingerprint density at radius 3 is 2.28 bits per heavy atom. The summed E-state index contributed by atoms with van der Waals surface area (Å²) in [5.41, 5.74) is 0.854. The summed E-state index contributed by atoms with van der Waals surface area (Å²) in [6.07, 6.45) is 0. The first-order valence-electron chi connectivity index (χ1n) is 9.82. The standard InChI is InChI=1S/C21H26FN3O3S/c1-3-25(18-9-5-4-6-10-18)21(26)17(2)23-13-15-24(16-14-23)29(27,28)20-12-8-7-11-19(20)22/h4-12,17H,3,13-16H2,1-2H3/p+1/t17-/m0/s1. The molecule has 2 aromatic rings. The molecule has 1 N–H and O–H groups in total. The molecule has 0 saturated carbocycles. The average molecular weight is 421 g/mol. The van der Waals surface area contributed by atoms with Gasteiger partial charge in [0.15, 0.2) is 6.04 Å². The van der Waals surface area contributed by atoms with Gasteiger partial charge in [0.25, 0.3) is 5.91 Å². The number of para-hydroxylation sites is 1. The lowest BCUT2D eigenvalue weighted by Crippen LogP contribution is -3.19. The first-order valence-corrected chi connectivity index (χ1v) is 11.3. The zero-order valence-electron chi connectivity index (χ0n) is 16.7. The van der Waals surface area contributed by atoms with Crippen LogP contribution in [0.2, 0.25) is 0 Å². The highest BCUT2D eigenvalue weighted by Crippen LogP contribution is 2.19. The van der Waals surface area contributed by atoms with E-state index in [4.69, 9.17) is 0 Å². The smallest absolute Gasteiger partial charge is 0.284 e. The molecule has 0 unspecified atom stereocenters. The lowest BCUT2D eigenvalue weighted by molar-refractivity contribution is -0.917. The molecule has 1 heterocycles. The highest BCUT2D eigenvalue weighted by molar-refractivity contribution is 7.89. The molecule has 29 heavy (non-hydrogen) atoms. The van der Waals surface area contributed by atoms with Crippen LogP contribution in [0, 0.1) is 5.82 Å². The van der Waals surface area contributed by atoms with E-state index in [1.165, 1.54) is 22.5 Å². The van der Waals surface area contributed by atoms with Crippen LogP contribution >= 0.6 is 0 Å². The number of hydrogen-bond donors (Lipinski definition) is 1. The van der Waals surface area contributed by atoms with Crippen LogP contribution in [0.15, 0.2) is 59.5 Å². The van der Waals surface area contributed by atoms with Crippen molar-refractivity contribution < 1.29 is 22.5 Å². The van der Waals surface area contributed by atoms with Crippen molar-refractivity contribution in [3.8, 4) is 0 Å². The molecular weight excluding hydrogens is 393 g/mol. The van der Waals surface area contributed by atoms with E-state index in [0.29, 0.717) is 19.6 Å². The first kappa shape index (κ1) is 21.4. The second kappa shape index (κ2) is 9.02. The van der Waals surface area contributed by atoms with Gasteiger partial charge in [-0.3, -0.25) is 4.79 Å². The van der Waals surface area contributed by atoms with Gasteiger partial charge in [0, 0.05) is 12.2 Å². The van der Waals surface area contributed by atoms with E-state index < -0.39 is 15.8 Å². The zero-order valence-corrected chi connectivity index (χ0v) is 17.5. The Hall–Kier alpha value is -2.29. The van der Waals surface area contributed by atoms with E-state index in [2.05, 4.69) is 0 Å². The molecule has 1 aliphatic heterocycles. The maximum absolute atomic E-state index is 14.0. The average Bonchev–Trinajstić information content (AvgIpc) is 2.74. The quantitative estimate of drug-likeness (QED) is 0.763. The summed E-state index contributed by atoms with van der Waals surface area (Å²) < 4.78 is 40.8. The summed E-state index contributed by atoms with van der Waals surface area (Å²) in [6, 6.07) is 14.6. The minimum Gasteiger partial charge on any atom is -0.323 e. The van der Waals surface area contributed by atoms with Crippen molar-refractivity contribution in [1.29, 1.82) is 0 Å². The van der Waals surface area contributed by atoms with E-state index in [0.717, 1.165) is 16.7 Å². The predicted octanol–water partition coefficient (Wildman–Crippen LogP) is 1.16. The normalized spacial score (nSPS) is 17.1. The van der Waals surface area contributed by atoms with Gasteiger partial charge >= 0.3 is 0 Å². The molecule has 3 rings (SSSR count). The third-order valence-corrected chi connectivity index (χ3v) is 7.38. The Bertz CT molecular complexity index is 945. The maximum Gasteiger partial charge on any atom is 0.284 e. The van der Waals surface area contributed by atoms with Crippen molar-refractivity contribution in [3.05, 3.63) is 60.4 Å². The van der Waals surface area contributed by atoms with Gasteiger partial charge in [-0.05, 0) is 38.1 Å². The number of rotatable bonds is 6. The van der Waals surface area contributed by atoms with Crippen LogP contribution in [0.25, 0.3) is 0 Å². The molecule has 0 bridgehead atoms. The van der Waals surface area contributed by atoms with Gasteiger partial charge in [0.1, 0.15) is 10.7 Å². The molecule has 1 aliphatic rings. The number of carbonyl (C=O) groups is 1. The molecule has 0 radical (unpaired) electrons. The van der Waals surface area contributed by atoms with Crippen LogP contribution in [0.5, 0.6) is 0 Å². The monoisotopic (exact) mass is 420 g/mol. The lowest BCUT2D eigenvalue weighted by Gasteiger charge is -2.35. The molecule has 0 spiro atoms. The van der Waals surface area contributed by atoms with E-state index >= 15 is 0 Å². The number of nitrogens with zero attached hydrogens (tertiary/aromatic N) is 2. The Balaban J connectivity index is 1.67. The van der Waals surface area contributed by atoms with Crippen LogP contribution in [-0.2, 0) is 14.8 Å². The number of carbonyl (C=O) groups excluding carboxylic acids is 1. The van der Waals surface area contributed by atoms with Crippen molar-refractivity contribution in [2.45, 2.75) is 24.8 Å². The second-order valence-corrected chi connectivity index (χ2v) is 9.04. The molecule has 8 heteroatoms. The predicted molar refractivity (Wildman–Crippen MR) is 110 cm³/mol. The molecule has 1 atom stereocenters. The number of nitrogens with one attached hydrogen (secondary N) is 1. The number of amides is 1. The topological polar surface area (TPSA) is 62.1 Å². The number of anilines is 1. The van der Waals surface area contributed by atoms with Gasteiger partial charge in [0.2, 0.25) is 10.0 Å². The highest BCUT2D eigenvalue weighted by atomic mass is 32.2. The molecule has 0 aromatic heterocycles. The minimum absolute atomic E-state index is 0.0131. The second-order valence-electron chi connectivity index (χ2n) is 7.13. The van der Waals surface area contributed by atoms with Crippen molar-refractivity contribution in [2.24, 2.45) is 0 Å².